The summed E-state index contributed by atoms with van der Waals surface area (Å²) in [5.74, 6) is -1.23. The molecule has 0 unspecified atom stereocenters. The summed E-state index contributed by atoms with van der Waals surface area (Å²) in [6.07, 6.45) is 0.00687. The smallest absolute Gasteiger partial charge is 0.296 e. The van der Waals surface area contributed by atoms with Gasteiger partial charge in [0.1, 0.15) is 5.69 Å². The molecule has 0 atom stereocenters. The summed E-state index contributed by atoms with van der Waals surface area (Å²) < 4.78 is 9.94. The van der Waals surface area contributed by atoms with Crippen molar-refractivity contribution >= 4 is 23.1 Å². The van der Waals surface area contributed by atoms with Crippen LogP contribution in [0.4, 0.5) is 11.4 Å². The number of hydrogen-bond donors (Lipinski definition) is 1. The van der Waals surface area contributed by atoms with Crippen molar-refractivity contribution in [3.63, 3.8) is 0 Å². The second-order valence-electron chi connectivity index (χ2n) is 3.71. The molecule has 0 heterocycles. The summed E-state index contributed by atoms with van der Waals surface area (Å²) in [6.45, 7) is 1.52. The first-order valence-corrected chi connectivity index (χ1v) is 5.69. The Balaban J connectivity index is 3.26. The van der Waals surface area contributed by atoms with Gasteiger partial charge in [-0.3, -0.25) is 19.7 Å². The summed E-state index contributed by atoms with van der Waals surface area (Å²) in [5, 5.41) is 13.2. The van der Waals surface area contributed by atoms with Crippen molar-refractivity contribution < 1.29 is 24.0 Å². The number of nitrogens with zero attached hydrogens (tertiary/aromatic N) is 1. The van der Waals surface area contributed by atoms with Crippen LogP contribution in [-0.4, -0.2) is 30.8 Å². The van der Waals surface area contributed by atoms with Crippen LogP contribution < -0.4 is 14.8 Å². The first-order valence-electron chi connectivity index (χ1n) is 5.69. The minimum absolute atomic E-state index is 0.00687. The van der Waals surface area contributed by atoms with E-state index in [1.807, 2.05) is 0 Å². The predicted octanol–water partition coefficient (Wildman–Crippen LogP) is 1.53. The van der Waals surface area contributed by atoms with E-state index in [1.54, 1.807) is 0 Å². The lowest BCUT2D eigenvalue weighted by Crippen LogP contribution is -2.22. The first kappa shape index (κ1) is 15.4. The van der Waals surface area contributed by atoms with E-state index in [-0.39, 0.29) is 29.3 Å². The van der Waals surface area contributed by atoms with Gasteiger partial charge in [-0.1, -0.05) is 6.92 Å². The number of nitro benzene ring substituents is 1. The number of hydrogen-bond acceptors (Lipinski definition) is 6. The largest absolute Gasteiger partial charge is 0.493 e. The number of carbonyl (C=O) groups excluding carboxylic acids is 2. The van der Waals surface area contributed by atoms with Crippen molar-refractivity contribution in [3.8, 4) is 11.5 Å². The maximum absolute atomic E-state index is 11.5. The average Bonchev–Trinajstić information content (AvgIpc) is 2.45. The Morgan fingerprint density at radius 1 is 1.25 bits per heavy atom. The maximum atomic E-state index is 11.5. The van der Waals surface area contributed by atoms with E-state index in [4.69, 9.17) is 9.47 Å². The molecule has 0 fully saturated rings. The van der Waals surface area contributed by atoms with Crippen molar-refractivity contribution in [2.24, 2.45) is 0 Å². The third-order valence-corrected chi connectivity index (χ3v) is 2.52. The SMILES string of the molecule is CCC(=O)C(=O)Nc1cc(OC)c(OC)cc1[N+](=O)[O-]. The quantitative estimate of drug-likeness (QED) is 0.481. The molecule has 0 saturated carbocycles. The van der Waals surface area contributed by atoms with Gasteiger partial charge < -0.3 is 14.8 Å². The zero-order valence-corrected chi connectivity index (χ0v) is 11.3. The molecule has 8 heteroatoms. The van der Waals surface area contributed by atoms with Crippen molar-refractivity contribution in [1.29, 1.82) is 0 Å². The molecule has 0 saturated heterocycles. The third kappa shape index (κ3) is 3.22. The molecule has 108 valence electrons. The summed E-state index contributed by atoms with van der Waals surface area (Å²) >= 11 is 0. The molecule has 0 spiro atoms. The van der Waals surface area contributed by atoms with Crippen LogP contribution >= 0.6 is 0 Å². The number of carbonyl (C=O) groups is 2. The predicted molar refractivity (Wildman–Crippen MR) is 70.1 cm³/mol. The van der Waals surface area contributed by atoms with Gasteiger partial charge in [0, 0.05) is 12.5 Å². The van der Waals surface area contributed by atoms with Gasteiger partial charge in [0.25, 0.3) is 11.6 Å². The fraction of sp³-hybridized carbons (Fsp3) is 0.333. The molecule has 0 aliphatic heterocycles. The van der Waals surface area contributed by atoms with Gasteiger partial charge in [-0.05, 0) is 0 Å². The van der Waals surface area contributed by atoms with Gasteiger partial charge in [0.05, 0.1) is 25.2 Å². The highest BCUT2D eigenvalue weighted by atomic mass is 16.6. The minimum atomic E-state index is -0.914. The Bertz CT molecular complexity index is 555. The molecule has 0 aromatic heterocycles. The van der Waals surface area contributed by atoms with E-state index in [0.29, 0.717) is 0 Å². The van der Waals surface area contributed by atoms with Crippen LogP contribution in [0.25, 0.3) is 0 Å². The van der Waals surface area contributed by atoms with E-state index >= 15 is 0 Å². The Kier molecular flexibility index (Phi) is 5.01. The molecule has 1 aromatic carbocycles. The van der Waals surface area contributed by atoms with Gasteiger partial charge in [0.15, 0.2) is 11.5 Å². The fourth-order valence-electron chi connectivity index (χ4n) is 1.47. The zero-order chi connectivity index (χ0) is 15.3. The molecule has 1 amide bonds. The van der Waals surface area contributed by atoms with E-state index < -0.39 is 16.6 Å². The highest BCUT2D eigenvalue weighted by Gasteiger charge is 2.22. The van der Waals surface area contributed by atoms with Crippen LogP contribution in [0.3, 0.4) is 0 Å². The topological polar surface area (TPSA) is 108 Å². The standard InChI is InChI=1S/C12H14N2O6/c1-4-9(15)12(16)13-7-5-10(19-2)11(20-3)6-8(7)14(17)18/h5-6H,4H2,1-3H3,(H,13,16). The highest BCUT2D eigenvalue weighted by molar-refractivity contribution is 6.40. The monoisotopic (exact) mass is 282 g/mol. The first-order chi connectivity index (χ1) is 9.44. The Hall–Kier alpha value is -2.64. The molecule has 0 bridgehead atoms. The van der Waals surface area contributed by atoms with Crippen LogP contribution in [0.15, 0.2) is 12.1 Å². The summed E-state index contributed by atoms with van der Waals surface area (Å²) in [4.78, 5) is 33.1. The number of nitrogens with one attached hydrogen (secondary N) is 1. The number of benzene rings is 1. The van der Waals surface area contributed by atoms with Gasteiger partial charge in [-0.25, -0.2) is 0 Å². The second kappa shape index (κ2) is 6.50. The Labute approximate surface area is 114 Å². The summed E-state index contributed by atoms with van der Waals surface area (Å²) in [5.41, 5.74) is -0.514. The molecule has 20 heavy (non-hydrogen) atoms. The van der Waals surface area contributed by atoms with Crippen molar-refractivity contribution in [2.45, 2.75) is 13.3 Å². The third-order valence-electron chi connectivity index (χ3n) is 2.52. The molecular formula is C12H14N2O6. The Morgan fingerprint density at radius 2 is 1.80 bits per heavy atom. The van der Waals surface area contributed by atoms with Gasteiger partial charge in [-0.15, -0.1) is 0 Å². The average molecular weight is 282 g/mol. The molecule has 0 aliphatic carbocycles. The summed E-state index contributed by atoms with van der Waals surface area (Å²) in [7, 11) is 2.69. The summed E-state index contributed by atoms with van der Waals surface area (Å²) in [6, 6.07) is 2.35. The molecule has 8 nitrogen and oxygen atoms in total. The van der Waals surface area contributed by atoms with E-state index in [9.17, 15) is 19.7 Å². The second-order valence-corrected chi connectivity index (χ2v) is 3.71. The Morgan fingerprint density at radius 3 is 2.25 bits per heavy atom. The van der Waals surface area contributed by atoms with Crippen molar-refractivity contribution in [3.05, 3.63) is 22.2 Å². The maximum Gasteiger partial charge on any atom is 0.296 e. The van der Waals surface area contributed by atoms with Crippen LogP contribution in [0.5, 0.6) is 11.5 Å². The highest BCUT2D eigenvalue weighted by Crippen LogP contribution is 2.37. The number of ether oxygens (including phenoxy) is 2. The van der Waals surface area contributed by atoms with Gasteiger partial charge >= 0.3 is 0 Å². The van der Waals surface area contributed by atoms with Crippen LogP contribution in [0.1, 0.15) is 13.3 Å². The number of nitro groups is 1. The number of amides is 1. The lowest BCUT2D eigenvalue weighted by molar-refractivity contribution is -0.384. The van der Waals surface area contributed by atoms with Crippen molar-refractivity contribution in [1.82, 2.24) is 0 Å². The zero-order valence-electron chi connectivity index (χ0n) is 11.3. The molecule has 1 aromatic rings. The normalized spacial score (nSPS) is 9.75. The molecule has 0 radical (unpaired) electrons. The van der Waals surface area contributed by atoms with E-state index in [2.05, 4.69) is 5.32 Å². The molecular weight excluding hydrogens is 268 g/mol. The fourth-order valence-corrected chi connectivity index (χ4v) is 1.47. The van der Waals surface area contributed by atoms with Crippen LogP contribution in [-0.2, 0) is 9.59 Å². The number of anilines is 1. The minimum Gasteiger partial charge on any atom is -0.493 e. The lowest BCUT2D eigenvalue weighted by Gasteiger charge is -2.10. The van der Waals surface area contributed by atoms with E-state index in [0.717, 1.165) is 6.07 Å². The number of ketones is 1. The van der Waals surface area contributed by atoms with E-state index in [1.165, 1.54) is 27.2 Å². The van der Waals surface area contributed by atoms with Crippen LogP contribution in [0.2, 0.25) is 0 Å². The number of methoxy groups -OCH3 is 2. The molecule has 1 N–H and O–H groups in total. The molecule has 0 aliphatic rings. The molecule has 1 rings (SSSR count). The van der Waals surface area contributed by atoms with Crippen LogP contribution in [0, 0.1) is 10.1 Å². The number of rotatable bonds is 6. The number of Topliss-reactive ketones (excluding diaryl/α,β-unsaturated/α-hetero) is 1. The van der Waals surface area contributed by atoms with Gasteiger partial charge in [-0.2, -0.15) is 0 Å². The lowest BCUT2D eigenvalue weighted by atomic mass is 10.2. The van der Waals surface area contributed by atoms with Crippen molar-refractivity contribution in [2.75, 3.05) is 19.5 Å². The van der Waals surface area contributed by atoms with Gasteiger partial charge in [0.2, 0.25) is 5.78 Å².